The number of nitrogen functional groups attached to an aromatic ring is 1. The van der Waals surface area contributed by atoms with Gasteiger partial charge in [-0.15, -0.1) is 0 Å². The van der Waals surface area contributed by atoms with Gasteiger partial charge in [0.2, 0.25) is 0 Å². The Morgan fingerprint density at radius 3 is 2.60 bits per heavy atom. The molecule has 0 saturated heterocycles. The van der Waals surface area contributed by atoms with Gasteiger partial charge in [-0.3, -0.25) is 4.79 Å². The molecule has 0 fully saturated rings. The predicted molar refractivity (Wildman–Crippen MR) is 80.4 cm³/mol. The van der Waals surface area contributed by atoms with Crippen LogP contribution in [0.5, 0.6) is 0 Å². The zero-order valence-corrected chi connectivity index (χ0v) is 11.8. The van der Waals surface area contributed by atoms with Crippen LogP contribution in [-0.4, -0.2) is 10.9 Å². The Hall–Kier alpha value is -2.36. The lowest BCUT2D eigenvalue weighted by molar-refractivity contribution is 0.0950. The molecule has 104 valence electrons. The summed E-state index contributed by atoms with van der Waals surface area (Å²) in [6.45, 7) is 4.44. The fraction of sp³-hybridized carbons (Fsp3) is 0.250. The maximum Gasteiger partial charge on any atom is 0.251 e. The van der Waals surface area contributed by atoms with E-state index >= 15 is 0 Å². The van der Waals surface area contributed by atoms with Gasteiger partial charge in [-0.1, -0.05) is 31.2 Å². The standard InChI is InChI=1S/C16H19N3O/c1-3-12-6-4-5-7-13(12)10-18-16(20)14-8-11(2)19-15(17)9-14/h4-9H,3,10H2,1-2H3,(H2,17,19)(H,18,20). The summed E-state index contributed by atoms with van der Waals surface area (Å²) in [4.78, 5) is 16.2. The number of carbonyl (C=O) groups is 1. The van der Waals surface area contributed by atoms with Crippen LogP contribution in [0.15, 0.2) is 36.4 Å². The Bertz CT molecular complexity index is 603. The average Bonchev–Trinajstić information content (AvgIpc) is 2.44. The minimum atomic E-state index is -0.131. The summed E-state index contributed by atoms with van der Waals surface area (Å²) in [6, 6.07) is 11.4. The SMILES string of the molecule is CCc1ccccc1CNC(=O)c1cc(C)nc(N)c1. The van der Waals surface area contributed by atoms with Crippen LogP contribution in [0.3, 0.4) is 0 Å². The van der Waals surface area contributed by atoms with Crippen LogP contribution in [0.4, 0.5) is 5.82 Å². The first-order valence-electron chi connectivity index (χ1n) is 6.69. The van der Waals surface area contributed by atoms with E-state index in [0.717, 1.165) is 17.7 Å². The molecule has 0 unspecified atom stereocenters. The smallest absolute Gasteiger partial charge is 0.251 e. The zero-order valence-electron chi connectivity index (χ0n) is 11.8. The number of nitrogens with one attached hydrogen (secondary N) is 1. The number of nitrogens with zero attached hydrogens (tertiary/aromatic N) is 1. The maximum atomic E-state index is 12.1. The van der Waals surface area contributed by atoms with Crippen molar-refractivity contribution in [3.63, 3.8) is 0 Å². The summed E-state index contributed by atoms with van der Waals surface area (Å²) < 4.78 is 0. The number of carbonyl (C=O) groups excluding carboxylic acids is 1. The van der Waals surface area contributed by atoms with Crippen LogP contribution >= 0.6 is 0 Å². The lowest BCUT2D eigenvalue weighted by atomic mass is 10.1. The number of benzene rings is 1. The second-order valence-corrected chi connectivity index (χ2v) is 4.73. The van der Waals surface area contributed by atoms with Crippen LogP contribution in [0.2, 0.25) is 0 Å². The first kappa shape index (κ1) is 14.1. The molecule has 0 aliphatic heterocycles. The normalized spacial score (nSPS) is 10.3. The summed E-state index contributed by atoms with van der Waals surface area (Å²) in [6.07, 6.45) is 0.952. The zero-order chi connectivity index (χ0) is 14.5. The van der Waals surface area contributed by atoms with Gasteiger partial charge in [0, 0.05) is 17.8 Å². The fourth-order valence-electron chi connectivity index (χ4n) is 2.18. The number of hydrogen-bond donors (Lipinski definition) is 2. The summed E-state index contributed by atoms with van der Waals surface area (Å²) in [7, 11) is 0. The Morgan fingerprint density at radius 2 is 1.95 bits per heavy atom. The summed E-state index contributed by atoms with van der Waals surface area (Å²) >= 11 is 0. The molecule has 0 aliphatic rings. The Morgan fingerprint density at radius 1 is 1.25 bits per heavy atom. The fourth-order valence-corrected chi connectivity index (χ4v) is 2.18. The molecule has 3 N–H and O–H groups in total. The van der Waals surface area contributed by atoms with Crippen LogP contribution < -0.4 is 11.1 Å². The topological polar surface area (TPSA) is 68.0 Å². The van der Waals surface area contributed by atoms with Gasteiger partial charge < -0.3 is 11.1 Å². The molecule has 0 saturated carbocycles. The van der Waals surface area contributed by atoms with Crippen molar-refractivity contribution in [3.05, 3.63) is 58.8 Å². The van der Waals surface area contributed by atoms with E-state index in [1.54, 1.807) is 12.1 Å². The van der Waals surface area contributed by atoms with Crippen molar-refractivity contribution in [2.45, 2.75) is 26.8 Å². The molecule has 4 heteroatoms. The molecule has 2 rings (SSSR count). The number of hydrogen-bond acceptors (Lipinski definition) is 3. The Balaban J connectivity index is 2.08. The Kier molecular flexibility index (Phi) is 4.35. The highest BCUT2D eigenvalue weighted by atomic mass is 16.1. The summed E-state index contributed by atoms with van der Waals surface area (Å²) in [5.74, 6) is 0.234. The van der Waals surface area contributed by atoms with Crippen molar-refractivity contribution in [2.24, 2.45) is 0 Å². The third-order valence-corrected chi connectivity index (χ3v) is 3.17. The molecule has 0 atom stereocenters. The van der Waals surface area contributed by atoms with E-state index < -0.39 is 0 Å². The van der Waals surface area contributed by atoms with Crippen LogP contribution in [0.25, 0.3) is 0 Å². The van der Waals surface area contributed by atoms with Gasteiger partial charge in [0.1, 0.15) is 5.82 Å². The maximum absolute atomic E-state index is 12.1. The van der Waals surface area contributed by atoms with Crippen molar-refractivity contribution in [1.82, 2.24) is 10.3 Å². The van der Waals surface area contributed by atoms with Crippen molar-refractivity contribution in [3.8, 4) is 0 Å². The van der Waals surface area contributed by atoms with Crippen molar-refractivity contribution in [1.29, 1.82) is 0 Å². The molecule has 0 aliphatic carbocycles. The van der Waals surface area contributed by atoms with Crippen molar-refractivity contribution < 1.29 is 4.79 Å². The number of amides is 1. The molecule has 1 aromatic carbocycles. The van der Waals surface area contributed by atoms with E-state index in [2.05, 4.69) is 23.3 Å². The van der Waals surface area contributed by atoms with E-state index in [4.69, 9.17) is 5.73 Å². The van der Waals surface area contributed by atoms with Crippen LogP contribution in [0, 0.1) is 6.92 Å². The second-order valence-electron chi connectivity index (χ2n) is 4.73. The Labute approximate surface area is 119 Å². The molecular weight excluding hydrogens is 250 g/mol. The van der Waals surface area contributed by atoms with Gasteiger partial charge in [-0.2, -0.15) is 0 Å². The first-order valence-corrected chi connectivity index (χ1v) is 6.69. The largest absolute Gasteiger partial charge is 0.384 e. The number of aromatic nitrogens is 1. The van der Waals surface area contributed by atoms with Crippen molar-refractivity contribution in [2.75, 3.05) is 5.73 Å². The number of nitrogens with two attached hydrogens (primary N) is 1. The lowest BCUT2D eigenvalue weighted by Gasteiger charge is -2.10. The molecule has 2 aromatic rings. The highest BCUT2D eigenvalue weighted by Gasteiger charge is 2.08. The number of anilines is 1. The quantitative estimate of drug-likeness (QED) is 0.896. The lowest BCUT2D eigenvalue weighted by Crippen LogP contribution is -2.23. The predicted octanol–water partition coefficient (Wildman–Crippen LogP) is 2.46. The summed E-state index contributed by atoms with van der Waals surface area (Å²) in [5.41, 5.74) is 9.33. The van der Waals surface area contributed by atoms with E-state index in [-0.39, 0.29) is 5.91 Å². The molecule has 1 aromatic heterocycles. The van der Waals surface area contributed by atoms with Crippen LogP contribution in [-0.2, 0) is 13.0 Å². The summed E-state index contributed by atoms with van der Waals surface area (Å²) in [5, 5.41) is 2.92. The minimum Gasteiger partial charge on any atom is -0.384 e. The van der Waals surface area contributed by atoms with E-state index in [1.807, 2.05) is 25.1 Å². The van der Waals surface area contributed by atoms with E-state index in [1.165, 1.54) is 5.56 Å². The van der Waals surface area contributed by atoms with Crippen LogP contribution in [0.1, 0.15) is 34.1 Å². The first-order chi connectivity index (χ1) is 9.60. The molecule has 20 heavy (non-hydrogen) atoms. The van der Waals surface area contributed by atoms with Gasteiger partial charge >= 0.3 is 0 Å². The van der Waals surface area contributed by atoms with Gasteiger partial charge in [0.15, 0.2) is 0 Å². The van der Waals surface area contributed by atoms with Gasteiger partial charge in [0.25, 0.3) is 5.91 Å². The van der Waals surface area contributed by atoms with E-state index in [0.29, 0.717) is 17.9 Å². The third kappa shape index (κ3) is 3.35. The number of aryl methyl sites for hydroxylation is 2. The van der Waals surface area contributed by atoms with E-state index in [9.17, 15) is 4.79 Å². The highest BCUT2D eigenvalue weighted by molar-refractivity contribution is 5.94. The number of pyridine rings is 1. The molecule has 4 nitrogen and oxygen atoms in total. The average molecular weight is 269 g/mol. The second kappa shape index (κ2) is 6.19. The molecule has 0 radical (unpaired) electrons. The number of rotatable bonds is 4. The highest BCUT2D eigenvalue weighted by Crippen LogP contribution is 2.10. The minimum absolute atomic E-state index is 0.131. The van der Waals surface area contributed by atoms with Crippen molar-refractivity contribution >= 4 is 11.7 Å². The molecular formula is C16H19N3O. The molecule has 1 amide bonds. The van der Waals surface area contributed by atoms with Gasteiger partial charge in [0.05, 0.1) is 0 Å². The van der Waals surface area contributed by atoms with Gasteiger partial charge in [-0.05, 0) is 36.6 Å². The molecule has 1 heterocycles. The molecule has 0 spiro atoms. The molecule has 0 bridgehead atoms. The van der Waals surface area contributed by atoms with Gasteiger partial charge in [-0.25, -0.2) is 4.98 Å². The third-order valence-electron chi connectivity index (χ3n) is 3.17. The monoisotopic (exact) mass is 269 g/mol.